The Hall–Kier alpha value is -2.48. The molecule has 1 heterocycles. The Bertz CT molecular complexity index is 721. The minimum Gasteiger partial charge on any atom is -0.487 e. The second-order valence-electron chi connectivity index (χ2n) is 5.91. The maximum absolute atomic E-state index is 12.3. The molecule has 2 rings (SSSR count). The average molecular weight is 374 g/mol. The molecule has 7 nitrogen and oxygen atoms in total. The molecule has 0 saturated heterocycles. The highest BCUT2D eigenvalue weighted by Crippen LogP contribution is 2.16. The van der Waals surface area contributed by atoms with Gasteiger partial charge in [0.1, 0.15) is 18.5 Å². The maximum Gasteiger partial charge on any atom is 0.275 e. The molecule has 7 heteroatoms. The van der Waals surface area contributed by atoms with Gasteiger partial charge in [0.05, 0.1) is 19.4 Å². The lowest BCUT2D eigenvalue weighted by molar-refractivity contribution is -0.180. The summed E-state index contributed by atoms with van der Waals surface area (Å²) in [7, 11) is 3.00. The van der Waals surface area contributed by atoms with E-state index in [1.54, 1.807) is 25.4 Å². The first-order valence-corrected chi connectivity index (χ1v) is 8.77. The summed E-state index contributed by atoms with van der Waals surface area (Å²) in [4.78, 5) is 21.4. The summed E-state index contributed by atoms with van der Waals surface area (Å²) >= 11 is 0. The molecule has 0 bridgehead atoms. The molecule has 146 valence electrons. The van der Waals surface area contributed by atoms with Crippen LogP contribution in [0.25, 0.3) is 0 Å². The standard InChI is InChI=1S/C20H26N2O5/c1-4-26-19(20(24)22(2)25-3)12-15-5-7-18(8-6-15)27-14-17-11-16(13-23)9-10-21-17/h5-11,19,23H,4,12-14H2,1-3H3/t19-/m0/s1. The number of hydroxylamine groups is 2. The molecule has 0 aliphatic rings. The number of nitrogens with zero attached hydrogens (tertiary/aromatic N) is 2. The third-order valence-electron chi connectivity index (χ3n) is 4.02. The van der Waals surface area contributed by atoms with Crippen molar-refractivity contribution < 1.29 is 24.2 Å². The van der Waals surface area contributed by atoms with Gasteiger partial charge in [-0.15, -0.1) is 0 Å². The van der Waals surface area contributed by atoms with Crippen molar-refractivity contribution in [3.05, 3.63) is 59.4 Å². The van der Waals surface area contributed by atoms with Crippen LogP contribution in [-0.2, 0) is 34.0 Å². The van der Waals surface area contributed by atoms with Crippen LogP contribution in [0.1, 0.15) is 23.7 Å². The summed E-state index contributed by atoms with van der Waals surface area (Å²) in [5.41, 5.74) is 2.50. The molecule has 0 spiro atoms. The number of benzene rings is 1. The number of likely N-dealkylation sites (N-methyl/N-ethyl adjacent to an activating group) is 1. The summed E-state index contributed by atoms with van der Waals surface area (Å²) in [6.45, 7) is 2.58. The fraction of sp³-hybridized carbons (Fsp3) is 0.400. The van der Waals surface area contributed by atoms with Crippen molar-refractivity contribution in [2.24, 2.45) is 0 Å². The molecule has 0 unspecified atom stereocenters. The van der Waals surface area contributed by atoms with Crippen LogP contribution in [0.5, 0.6) is 5.75 Å². The molecule has 1 atom stereocenters. The van der Waals surface area contributed by atoms with Crippen LogP contribution < -0.4 is 4.74 Å². The van der Waals surface area contributed by atoms with Gasteiger partial charge in [0, 0.05) is 26.3 Å². The van der Waals surface area contributed by atoms with E-state index in [4.69, 9.17) is 19.4 Å². The molecule has 0 aliphatic heterocycles. The van der Waals surface area contributed by atoms with Gasteiger partial charge in [0.15, 0.2) is 0 Å². The van der Waals surface area contributed by atoms with Crippen LogP contribution in [0.15, 0.2) is 42.6 Å². The van der Waals surface area contributed by atoms with Crippen LogP contribution in [-0.4, -0.2) is 47.9 Å². The van der Waals surface area contributed by atoms with E-state index in [1.165, 1.54) is 12.2 Å². The van der Waals surface area contributed by atoms with Crippen molar-refractivity contribution in [3.63, 3.8) is 0 Å². The van der Waals surface area contributed by atoms with Gasteiger partial charge in [0.25, 0.3) is 5.91 Å². The number of pyridine rings is 1. The van der Waals surface area contributed by atoms with Gasteiger partial charge in [-0.2, -0.15) is 0 Å². The van der Waals surface area contributed by atoms with E-state index in [0.29, 0.717) is 25.4 Å². The zero-order chi connectivity index (χ0) is 19.6. The molecule has 27 heavy (non-hydrogen) atoms. The van der Waals surface area contributed by atoms with E-state index in [9.17, 15) is 4.79 Å². The third kappa shape index (κ3) is 6.32. The fourth-order valence-electron chi connectivity index (χ4n) is 2.51. The molecule has 0 fully saturated rings. The molecular weight excluding hydrogens is 348 g/mol. The van der Waals surface area contributed by atoms with Crippen molar-refractivity contribution in [2.75, 3.05) is 20.8 Å². The topological polar surface area (TPSA) is 81.1 Å². The molecule has 0 radical (unpaired) electrons. The van der Waals surface area contributed by atoms with Crippen LogP contribution in [0.4, 0.5) is 0 Å². The highest BCUT2D eigenvalue weighted by atomic mass is 16.7. The van der Waals surface area contributed by atoms with E-state index in [1.807, 2.05) is 31.2 Å². The van der Waals surface area contributed by atoms with E-state index in [0.717, 1.165) is 16.8 Å². The number of ether oxygens (including phenoxy) is 2. The highest BCUT2D eigenvalue weighted by Gasteiger charge is 2.23. The Kier molecular flexibility index (Phi) is 8.19. The molecule has 1 N–H and O–H groups in total. The summed E-state index contributed by atoms with van der Waals surface area (Å²) in [5, 5.41) is 10.3. The Morgan fingerprint density at radius 3 is 2.59 bits per heavy atom. The first kappa shape index (κ1) is 20.8. The number of aromatic nitrogens is 1. The number of hydrogen-bond acceptors (Lipinski definition) is 6. The number of hydrogen-bond donors (Lipinski definition) is 1. The minimum absolute atomic E-state index is 0.0256. The summed E-state index contributed by atoms with van der Waals surface area (Å²) in [6.07, 6.45) is 1.49. The normalized spacial score (nSPS) is 11.9. The van der Waals surface area contributed by atoms with Crippen LogP contribution in [0.3, 0.4) is 0 Å². The summed E-state index contributed by atoms with van der Waals surface area (Å²) in [6, 6.07) is 11.1. The lowest BCUT2D eigenvalue weighted by Gasteiger charge is -2.21. The smallest absolute Gasteiger partial charge is 0.275 e. The number of carbonyl (C=O) groups is 1. The monoisotopic (exact) mass is 374 g/mol. The van der Waals surface area contributed by atoms with Crippen LogP contribution in [0.2, 0.25) is 0 Å². The first-order chi connectivity index (χ1) is 13.1. The van der Waals surface area contributed by atoms with Crippen molar-refractivity contribution in [1.82, 2.24) is 10.0 Å². The predicted molar refractivity (Wildman–Crippen MR) is 99.8 cm³/mol. The summed E-state index contributed by atoms with van der Waals surface area (Å²) < 4.78 is 11.3. The number of rotatable bonds is 10. The Labute approximate surface area is 159 Å². The van der Waals surface area contributed by atoms with Gasteiger partial charge in [-0.1, -0.05) is 12.1 Å². The quantitative estimate of drug-likeness (QED) is 0.642. The molecule has 1 aromatic heterocycles. The van der Waals surface area contributed by atoms with Gasteiger partial charge in [-0.05, 0) is 42.3 Å². The van der Waals surface area contributed by atoms with Crippen LogP contribution >= 0.6 is 0 Å². The fourth-order valence-corrected chi connectivity index (χ4v) is 2.51. The van der Waals surface area contributed by atoms with Crippen LogP contribution in [0, 0.1) is 0 Å². The predicted octanol–water partition coefficient (Wildman–Crippen LogP) is 2.12. The van der Waals surface area contributed by atoms with Crippen molar-refractivity contribution in [3.8, 4) is 5.75 Å². The zero-order valence-corrected chi connectivity index (χ0v) is 15.9. The van der Waals surface area contributed by atoms with Gasteiger partial charge < -0.3 is 14.6 Å². The van der Waals surface area contributed by atoms with E-state index in [-0.39, 0.29) is 12.5 Å². The molecule has 0 saturated carbocycles. The lowest BCUT2D eigenvalue weighted by atomic mass is 10.1. The molecular formula is C20H26N2O5. The Morgan fingerprint density at radius 2 is 1.96 bits per heavy atom. The lowest BCUT2D eigenvalue weighted by Crippen LogP contribution is -2.38. The largest absolute Gasteiger partial charge is 0.487 e. The maximum atomic E-state index is 12.3. The van der Waals surface area contributed by atoms with Gasteiger partial charge in [0.2, 0.25) is 0 Å². The molecule has 1 aromatic carbocycles. The second-order valence-corrected chi connectivity index (χ2v) is 5.91. The molecule has 2 aromatic rings. The van der Waals surface area contributed by atoms with Gasteiger partial charge in [-0.3, -0.25) is 14.6 Å². The van der Waals surface area contributed by atoms with Crippen molar-refractivity contribution in [2.45, 2.75) is 32.7 Å². The van der Waals surface area contributed by atoms with E-state index in [2.05, 4.69) is 4.98 Å². The number of carbonyl (C=O) groups excluding carboxylic acids is 1. The summed E-state index contributed by atoms with van der Waals surface area (Å²) in [5.74, 6) is 0.470. The van der Waals surface area contributed by atoms with Gasteiger partial charge >= 0.3 is 0 Å². The van der Waals surface area contributed by atoms with E-state index < -0.39 is 6.10 Å². The minimum atomic E-state index is -0.600. The number of aliphatic hydroxyl groups excluding tert-OH is 1. The van der Waals surface area contributed by atoms with Crippen molar-refractivity contribution >= 4 is 5.91 Å². The Morgan fingerprint density at radius 1 is 1.22 bits per heavy atom. The second kappa shape index (κ2) is 10.6. The van der Waals surface area contributed by atoms with E-state index >= 15 is 0 Å². The zero-order valence-electron chi connectivity index (χ0n) is 15.9. The first-order valence-electron chi connectivity index (χ1n) is 8.77. The highest BCUT2D eigenvalue weighted by molar-refractivity contribution is 5.80. The van der Waals surface area contributed by atoms with Crippen molar-refractivity contribution in [1.29, 1.82) is 0 Å². The average Bonchev–Trinajstić information content (AvgIpc) is 2.72. The number of aliphatic hydroxyl groups is 1. The third-order valence-corrected chi connectivity index (χ3v) is 4.02. The van der Waals surface area contributed by atoms with Gasteiger partial charge in [-0.25, -0.2) is 5.06 Å². The molecule has 1 amide bonds. The number of amides is 1. The Balaban J connectivity index is 1.95. The SMILES string of the molecule is CCO[C@@H](Cc1ccc(OCc2cc(CO)ccn2)cc1)C(=O)N(C)OC. The molecule has 0 aliphatic carbocycles.